The van der Waals surface area contributed by atoms with Crippen LogP contribution in [-0.4, -0.2) is 150 Å². The van der Waals surface area contributed by atoms with Gasteiger partial charge < -0.3 is 55.7 Å². The van der Waals surface area contributed by atoms with Gasteiger partial charge in [-0.25, -0.2) is 9.59 Å². The first kappa shape index (κ1) is 62.0. The Bertz CT molecular complexity index is 2170. The summed E-state index contributed by atoms with van der Waals surface area (Å²) in [5.74, 6) is -3.61. The van der Waals surface area contributed by atoms with Crippen molar-refractivity contribution in [3.05, 3.63) is 65.7 Å². The molecule has 1 saturated heterocycles. The summed E-state index contributed by atoms with van der Waals surface area (Å²) in [5.41, 5.74) is 0.951. The molecule has 8 atom stereocenters. The highest BCUT2D eigenvalue weighted by Gasteiger charge is 2.40. The predicted molar refractivity (Wildman–Crippen MR) is 280 cm³/mol. The molecule has 8 unspecified atom stereocenters. The summed E-state index contributed by atoms with van der Waals surface area (Å²) in [6, 6.07) is 12.5. The van der Waals surface area contributed by atoms with Crippen LogP contribution in [0.15, 0.2) is 54.6 Å². The summed E-state index contributed by atoms with van der Waals surface area (Å²) >= 11 is 0. The first-order chi connectivity index (χ1) is 34.8. The van der Waals surface area contributed by atoms with Crippen LogP contribution >= 0.6 is 0 Å². The highest BCUT2D eigenvalue weighted by Crippen LogP contribution is 2.29. The van der Waals surface area contributed by atoms with Crippen LogP contribution in [0.5, 0.6) is 0 Å². The van der Waals surface area contributed by atoms with Crippen molar-refractivity contribution in [3.8, 4) is 0 Å². The monoisotopic (exact) mass is 1040 g/mol. The van der Waals surface area contributed by atoms with Crippen LogP contribution in [0.3, 0.4) is 0 Å². The Hall–Kier alpha value is -6.28. The van der Waals surface area contributed by atoms with Crippen LogP contribution in [-0.2, 0) is 49.6 Å². The zero-order valence-corrected chi connectivity index (χ0v) is 45.8. The Labute approximate surface area is 437 Å². The fourth-order valence-corrected chi connectivity index (χ4v) is 8.98. The summed E-state index contributed by atoms with van der Waals surface area (Å²) in [5, 5.41) is 24.2. The van der Waals surface area contributed by atoms with Crippen LogP contribution in [0, 0.1) is 17.8 Å². The Morgan fingerprint density at radius 2 is 1.43 bits per heavy atom. The summed E-state index contributed by atoms with van der Waals surface area (Å²) in [6.07, 6.45) is 0.302. The zero-order valence-electron chi connectivity index (χ0n) is 45.8. The van der Waals surface area contributed by atoms with Crippen molar-refractivity contribution in [1.82, 2.24) is 36.0 Å². The third-order valence-corrected chi connectivity index (χ3v) is 13.1. The lowest BCUT2D eigenvalue weighted by Crippen LogP contribution is -2.53. The van der Waals surface area contributed by atoms with E-state index in [1.807, 2.05) is 25.1 Å². The molecule has 0 aromatic heterocycles. The molecule has 0 spiro atoms. The highest BCUT2D eigenvalue weighted by atomic mass is 16.6. The summed E-state index contributed by atoms with van der Waals surface area (Å²) in [6.45, 7) is 17.3. The molecular weight excluding hydrogens is 953 g/mol. The number of hydrogen-bond donors (Lipinski definition) is 6. The van der Waals surface area contributed by atoms with E-state index >= 15 is 0 Å². The van der Waals surface area contributed by atoms with Gasteiger partial charge in [-0.1, -0.05) is 90.4 Å². The summed E-state index contributed by atoms with van der Waals surface area (Å²) in [4.78, 5) is 110. The van der Waals surface area contributed by atoms with Gasteiger partial charge in [0.1, 0.15) is 24.3 Å². The van der Waals surface area contributed by atoms with Gasteiger partial charge in [0.05, 0.1) is 43.3 Å². The standard InChI is InChI=1S/C54H84N8O12/c1-14-19-40(27-28-43(64)62-29-18-22-41(62)48(72-13)35(6)49(67)57-36(7)47(66)38-20-16-15-17-21-38)60(11)44(65)31-56-51(69)46(34(4)5)61(12)53(71)73-32-37-23-25-39(26-24-37)58-42(63)30-55-50(68)45(33(2)3)59-52(70)74-54(8,9)10/h15-17,20-21,23-26,33-36,40-41,45-48,66H,14,18-19,22,27-32H2,1-13H3,(H,55,68)(H,56,69)(H,57,67)(H,58,63)(H,59,70). The normalized spacial score (nSPS) is 16.4. The molecule has 3 rings (SSSR count). The fraction of sp³-hybridized carbons (Fsp3) is 0.630. The Balaban J connectivity index is 1.50. The number of hydrogen-bond acceptors (Lipinski definition) is 12. The van der Waals surface area contributed by atoms with Gasteiger partial charge in [-0.15, -0.1) is 0 Å². The van der Waals surface area contributed by atoms with E-state index in [9.17, 15) is 43.5 Å². The average Bonchev–Trinajstić information content (AvgIpc) is 3.84. The van der Waals surface area contributed by atoms with Gasteiger partial charge in [0.25, 0.3) is 0 Å². The molecule has 0 radical (unpaired) electrons. The minimum Gasteiger partial charge on any atom is -0.445 e. The van der Waals surface area contributed by atoms with Gasteiger partial charge in [-0.05, 0) is 88.5 Å². The second kappa shape index (κ2) is 29.6. The van der Waals surface area contributed by atoms with E-state index in [2.05, 4.69) is 26.6 Å². The number of anilines is 1. The summed E-state index contributed by atoms with van der Waals surface area (Å²) < 4.78 is 16.7. The Kier molecular flexibility index (Phi) is 24.8. The highest BCUT2D eigenvalue weighted by molar-refractivity contribution is 5.96. The molecule has 2 aromatic rings. The predicted octanol–water partition coefficient (Wildman–Crippen LogP) is 5.29. The number of likely N-dealkylation sites (tertiary alicyclic amines) is 1. The molecule has 0 saturated carbocycles. The molecular formula is C54H84N8O12. The number of nitrogens with zero attached hydrogens (tertiary/aromatic N) is 3. The number of likely N-dealkylation sites (N-methyl/N-ethyl adjacent to an activating group) is 2. The number of methoxy groups -OCH3 is 1. The number of benzene rings is 2. The minimum atomic E-state index is -0.978. The molecule has 1 aliphatic heterocycles. The molecule has 1 aliphatic rings. The van der Waals surface area contributed by atoms with Crippen molar-refractivity contribution >= 4 is 53.3 Å². The number of ether oxygens (including phenoxy) is 3. The minimum absolute atomic E-state index is 0.103. The smallest absolute Gasteiger partial charge is 0.410 e. The lowest BCUT2D eigenvalue weighted by atomic mass is 9.93. The molecule has 0 aliphatic carbocycles. The SMILES string of the molecule is CCCC(CCC(=O)N1CCCC1C(OC)C(C)C(=O)NC(C)C(O)c1ccccc1)N(C)C(=O)CNC(=O)C(C(C)C)N(C)C(=O)OCc1ccc(NC(=O)CNC(=O)C(NC(=O)OC(C)(C)C)C(C)C)cc1. The second-order valence-electron chi connectivity index (χ2n) is 20.8. The maximum Gasteiger partial charge on any atom is 0.410 e. The van der Waals surface area contributed by atoms with Crippen LogP contribution < -0.4 is 26.6 Å². The van der Waals surface area contributed by atoms with E-state index in [-0.39, 0.29) is 67.8 Å². The van der Waals surface area contributed by atoms with Crippen LogP contribution in [0.1, 0.15) is 125 Å². The summed E-state index contributed by atoms with van der Waals surface area (Å²) in [7, 11) is 4.62. The lowest BCUT2D eigenvalue weighted by Gasteiger charge is -2.35. The van der Waals surface area contributed by atoms with E-state index in [0.717, 1.165) is 12.8 Å². The van der Waals surface area contributed by atoms with Gasteiger partial charge in [-0.2, -0.15) is 0 Å². The number of amides is 8. The molecule has 20 nitrogen and oxygen atoms in total. The molecule has 1 heterocycles. The average molecular weight is 1040 g/mol. The van der Waals surface area contributed by atoms with E-state index in [4.69, 9.17) is 14.2 Å². The number of rotatable bonds is 26. The van der Waals surface area contributed by atoms with Crippen molar-refractivity contribution < 1.29 is 57.7 Å². The largest absolute Gasteiger partial charge is 0.445 e. The number of nitrogens with one attached hydrogen (secondary N) is 5. The number of carbonyl (C=O) groups is 8. The molecule has 6 N–H and O–H groups in total. The number of carbonyl (C=O) groups excluding carboxylic acids is 8. The fourth-order valence-electron chi connectivity index (χ4n) is 8.98. The Morgan fingerprint density at radius 1 is 0.797 bits per heavy atom. The van der Waals surface area contributed by atoms with Gasteiger partial charge >= 0.3 is 12.2 Å². The van der Waals surface area contributed by atoms with Gasteiger partial charge in [0.15, 0.2) is 0 Å². The molecule has 1 fully saturated rings. The van der Waals surface area contributed by atoms with E-state index in [1.54, 1.807) is 116 Å². The van der Waals surface area contributed by atoms with Crippen LogP contribution in [0.4, 0.5) is 15.3 Å². The van der Waals surface area contributed by atoms with Gasteiger partial charge in [-0.3, -0.25) is 33.7 Å². The van der Waals surface area contributed by atoms with Crippen LogP contribution in [0.25, 0.3) is 0 Å². The third-order valence-electron chi connectivity index (χ3n) is 13.1. The van der Waals surface area contributed by atoms with Crippen molar-refractivity contribution in [2.75, 3.05) is 46.2 Å². The van der Waals surface area contributed by atoms with E-state index in [1.165, 1.54) is 19.1 Å². The van der Waals surface area contributed by atoms with E-state index < -0.39 is 71.8 Å². The van der Waals surface area contributed by atoms with Crippen molar-refractivity contribution in [3.63, 3.8) is 0 Å². The topological polar surface area (TPSA) is 254 Å². The molecule has 412 valence electrons. The maximum absolute atomic E-state index is 13.9. The van der Waals surface area contributed by atoms with Crippen molar-refractivity contribution in [2.45, 2.75) is 162 Å². The number of aliphatic hydroxyl groups excluding tert-OH is 1. The first-order valence-corrected chi connectivity index (χ1v) is 25.7. The second-order valence-corrected chi connectivity index (χ2v) is 20.8. The molecule has 74 heavy (non-hydrogen) atoms. The first-order valence-electron chi connectivity index (χ1n) is 25.7. The van der Waals surface area contributed by atoms with Crippen LogP contribution in [0.2, 0.25) is 0 Å². The molecule has 2 aromatic carbocycles. The van der Waals surface area contributed by atoms with Gasteiger partial charge in [0.2, 0.25) is 35.4 Å². The number of aliphatic hydroxyl groups is 1. The van der Waals surface area contributed by atoms with Crippen molar-refractivity contribution in [2.24, 2.45) is 17.8 Å². The molecule has 0 bridgehead atoms. The van der Waals surface area contributed by atoms with Crippen molar-refractivity contribution in [1.29, 1.82) is 0 Å². The third kappa shape index (κ3) is 19.2. The number of alkyl carbamates (subject to hydrolysis) is 1. The van der Waals surface area contributed by atoms with Gasteiger partial charge in [0, 0.05) is 45.9 Å². The quantitative estimate of drug-likeness (QED) is 0.0704. The Morgan fingerprint density at radius 3 is 2.01 bits per heavy atom. The van der Waals surface area contributed by atoms with E-state index in [0.29, 0.717) is 42.6 Å². The molecule has 8 amide bonds. The maximum atomic E-state index is 13.9. The zero-order chi connectivity index (χ0) is 55.4. The molecule has 20 heteroatoms. The lowest BCUT2D eigenvalue weighted by molar-refractivity contribution is -0.141.